The molecular weight excluding hydrogens is 392 g/mol. The number of β-lactam (4-membered cyclic amide) rings is 1. The van der Waals surface area contributed by atoms with Crippen LogP contribution in [0.4, 0.5) is 0 Å². The first kappa shape index (κ1) is 19.1. The van der Waals surface area contributed by atoms with Gasteiger partial charge in [0.2, 0.25) is 5.91 Å². The molecule has 7 nitrogen and oxygen atoms in total. The smallest absolute Gasteiger partial charge is 0.354 e. The molecule has 134 valence electrons. The normalized spacial score (nSPS) is 20.5. The van der Waals surface area contributed by atoms with E-state index in [0.717, 1.165) is 10.5 Å². The van der Waals surface area contributed by atoms with Crippen molar-refractivity contribution in [2.75, 3.05) is 12.4 Å². The Morgan fingerprint density at radius 1 is 1.32 bits per heavy atom. The van der Waals surface area contributed by atoms with Crippen molar-refractivity contribution in [3.05, 3.63) is 47.2 Å². The highest BCUT2D eigenvalue weighted by molar-refractivity contribution is 9.09. The van der Waals surface area contributed by atoms with E-state index in [4.69, 9.17) is 0 Å². The first-order valence-corrected chi connectivity index (χ1v) is 8.71. The van der Waals surface area contributed by atoms with Gasteiger partial charge in [-0.25, -0.2) is 4.79 Å². The van der Waals surface area contributed by atoms with E-state index in [0.29, 0.717) is 10.9 Å². The molecule has 1 aliphatic heterocycles. The minimum Gasteiger partial charge on any atom is -0.464 e. The summed E-state index contributed by atoms with van der Waals surface area (Å²) in [5, 5.41) is 13.1. The number of ether oxygens (including phenoxy) is 1. The molecule has 1 fully saturated rings. The largest absolute Gasteiger partial charge is 0.464 e. The number of halogens is 1. The minimum absolute atomic E-state index is 0.0227. The van der Waals surface area contributed by atoms with Crippen LogP contribution in [0.5, 0.6) is 0 Å². The Morgan fingerprint density at radius 3 is 2.48 bits per heavy atom. The lowest BCUT2D eigenvalue weighted by Crippen LogP contribution is -2.71. The van der Waals surface area contributed by atoms with Crippen molar-refractivity contribution in [2.24, 2.45) is 0 Å². The first-order valence-electron chi connectivity index (χ1n) is 7.59. The zero-order chi connectivity index (χ0) is 18.6. The third-order valence-electron chi connectivity index (χ3n) is 3.81. The van der Waals surface area contributed by atoms with E-state index in [1.165, 1.54) is 7.11 Å². The summed E-state index contributed by atoms with van der Waals surface area (Å²) >= 11 is 3.21. The van der Waals surface area contributed by atoms with Crippen molar-refractivity contribution in [1.29, 1.82) is 0 Å². The number of carbonyl (C=O) groups is 3. The summed E-state index contributed by atoms with van der Waals surface area (Å²) in [4.78, 5) is 37.3. The van der Waals surface area contributed by atoms with Crippen LogP contribution in [-0.4, -0.2) is 52.5 Å². The van der Waals surface area contributed by atoms with Crippen LogP contribution in [0.15, 0.2) is 41.6 Å². The number of amides is 2. The molecule has 2 N–H and O–H groups in total. The number of likely N-dealkylation sites (tertiary alicyclic amines) is 1. The minimum atomic E-state index is -1.32. The fraction of sp³-hybridized carbons (Fsp3) is 0.353. The molecule has 0 spiro atoms. The van der Waals surface area contributed by atoms with Crippen LogP contribution < -0.4 is 5.32 Å². The molecule has 1 aromatic rings. The molecule has 1 aliphatic rings. The highest BCUT2D eigenvalue weighted by atomic mass is 79.9. The van der Waals surface area contributed by atoms with Crippen molar-refractivity contribution in [3.8, 4) is 0 Å². The fourth-order valence-electron chi connectivity index (χ4n) is 2.50. The average Bonchev–Trinajstić information content (AvgIpc) is 2.63. The SMILES string of the molecule is COC(=O)C(=C(C)CBr)N1C(=O)[C@@H](NC(=O)Cc2ccccc2)[C@H]1O. The number of aliphatic hydroxyl groups excluding tert-OH is 1. The highest BCUT2D eigenvalue weighted by Crippen LogP contribution is 2.27. The highest BCUT2D eigenvalue weighted by Gasteiger charge is 2.51. The van der Waals surface area contributed by atoms with Gasteiger partial charge in [0.1, 0.15) is 5.70 Å². The molecule has 2 atom stereocenters. The van der Waals surface area contributed by atoms with Gasteiger partial charge in [-0.3, -0.25) is 14.5 Å². The van der Waals surface area contributed by atoms with Crippen LogP contribution in [0.3, 0.4) is 0 Å². The van der Waals surface area contributed by atoms with E-state index in [2.05, 4.69) is 26.0 Å². The van der Waals surface area contributed by atoms with E-state index >= 15 is 0 Å². The van der Waals surface area contributed by atoms with Gasteiger partial charge >= 0.3 is 5.97 Å². The Balaban J connectivity index is 2.06. The third kappa shape index (κ3) is 4.08. The monoisotopic (exact) mass is 410 g/mol. The summed E-state index contributed by atoms with van der Waals surface area (Å²) in [5.74, 6) is -1.67. The number of nitrogens with one attached hydrogen (secondary N) is 1. The van der Waals surface area contributed by atoms with Crippen LogP contribution in [-0.2, 0) is 25.5 Å². The van der Waals surface area contributed by atoms with Crippen LogP contribution >= 0.6 is 15.9 Å². The van der Waals surface area contributed by atoms with Gasteiger partial charge in [0.15, 0.2) is 12.3 Å². The van der Waals surface area contributed by atoms with Crippen molar-refractivity contribution in [2.45, 2.75) is 25.6 Å². The predicted octanol–water partition coefficient (Wildman–Crippen LogP) is 0.716. The summed E-state index contributed by atoms with van der Waals surface area (Å²) < 4.78 is 4.67. The maximum absolute atomic E-state index is 12.3. The molecule has 0 aromatic heterocycles. The second-order valence-electron chi connectivity index (χ2n) is 5.58. The summed E-state index contributed by atoms with van der Waals surface area (Å²) in [6, 6.07) is 7.96. The second-order valence-corrected chi connectivity index (χ2v) is 6.14. The molecule has 1 heterocycles. The van der Waals surface area contributed by atoms with Crippen LogP contribution in [0.1, 0.15) is 12.5 Å². The Labute approximate surface area is 153 Å². The number of benzene rings is 1. The molecular formula is C17H19BrN2O5. The average molecular weight is 411 g/mol. The number of allylic oxidation sites excluding steroid dienone is 1. The predicted molar refractivity (Wildman–Crippen MR) is 93.4 cm³/mol. The quantitative estimate of drug-likeness (QED) is 0.311. The van der Waals surface area contributed by atoms with Crippen molar-refractivity contribution in [1.82, 2.24) is 10.2 Å². The zero-order valence-corrected chi connectivity index (χ0v) is 15.4. The Morgan fingerprint density at radius 2 is 1.96 bits per heavy atom. The fourth-order valence-corrected chi connectivity index (χ4v) is 2.76. The Kier molecular flexibility index (Phi) is 6.33. The standard InChI is InChI=1S/C17H19BrN2O5/c1-10(9-18)14(17(24)25-2)20-15(22)13(16(20)23)19-12(21)8-11-6-4-3-5-7-11/h3-7,13,15,22H,8-9H2,1-2H3,(H,19,21)/t13-,15+/m0/s1. The Bertz CT molecular complexity index is 704. The van der Waals surface area contributed by atoms with Crippen LogP contribution in [0, 0.1) is 0 Å². The summed E-state index contributed by atoms with van der Waals surface area (Å²) in [5.41, 5.74) is 1.31. The molecule has 0 unspecified atom stereocenters. The summed E-state index contributed by atoms with van der Waals surface area (Å²) in [6.45, 7) is 1.64. The van der Waals surface area contributed by atoms with Crippen LogP contribution in [0.2, 0.25) is 0 Å². The molecule has 0 radical (unpaired) electrons. The number of carbonyl (C=O) groups excluding carboxylic acids is 3. The topological polar surface area (TPSA) is 95.9 Å². The van der Waals surface area contributed by atoms with Crippen molar-refractivity contribution >= 4 is 33.7 Å². The van der Waals surface area contributed by atoms with E-state index in [-0.39, 0.29) is 18.0 Å². The van der Waals surface area contributed by atoms with Gasteiger partial charge < -0.3 is 15.2 Å². The summed E-state index contributed by atoms with van der Waals surface area (Å²) in [6.07, 6.45) is -1.23. The number of nitrogens with zero attached hydrogens (tertiary/aromatic N) is 1. The number of aliphatic hydroxyl groups is 1. The van der Waals surface area contributed by atoms with Gasteiger partial charge in [-0.05, 0) is 18.1 Å². The first-order chi connectivity index (χ1) is 11.9. The van der Waals surface area contributed by atoms with E-state index in [1.54, 1.807) is 19.1 Å². The van der Waals surface area contributed by atoms with Gasteiger partial charge in [0.25, 0.3) is 5.91 Å². The molecule has 2 amide bonds. The second kappa shape index (κ2) is 8.26. The van der Waals surface area contributed by atoms with E-state index in [1.807, 2.05) is 18.2 Å². The molecule has 0 aliphatic carbocycles. The molecule has 25 heavy (non-hydrogen) atoms. The molecule has 0 bridgehead atoms. The number of esters is 1. The van der Waals surface area contributed by atoms with Crippen molar-refractivity contribution in [3.63, 3.8) is 0 Å². The molecule has 2 rings (SSSR count). The van der Waals surface area contributed by atoms with Gasteiger partial charge in [-0.2, -0.15) is 0 Å². The lowest BCUT2D eigenvalue weighted by molar-refractivity contribution is -0.172. The molecule has 8 heteroatoms. The Hall–Kier alpha value is -2.19. The van der Waals surface area contributed by atoms with E-state index < -0.39 is 24.1 Å². The lowest BCUT2D eigenvalue weighted by atomic mass is 10.0. The van der Waals surface area contributed by atoms with Crippen LogP contribution in [0.25, 0.3) is 0 Å². The van der Waals surface area contributed by atoms with Crippen molar-refractivity contribution < 1.29 is 24.2 Å². The maximum atomic E-state index is 12.3. The number of rotatable bonds is 6. The van der Waals surface area contributed by atoms with Gasteiger partial charge in [-0.1, -0.05) is 46.3 Å². The maximum Gasteiger partial charge on any atom is 0.354 e. The molecule has 1 saturated heterocycles. The molecule has 0 saturated carbocycles. The van der Waals surface area contributed by atoms with Gasteiger partial charge in [0, 0.05) is 5.33 Å². The third-order valence-corrected chi connectivity index (χ3v) is 4.66. The van der Waals surface area contributed by atoms with Gasteiger partial charge in [0.05, 0.1) is 13.5 Å². The lowest BCUT2D eigenvalue weighted by Gasteiger charge is -2.44. The van der Waals surface area contributed by atoms with Gasteiger partial charge in [-0.15, -0.1) is 0 Å². The number of alkyl halides is 1. The zero-order valence-electron chi connectivity index (χ0n) is 13.9. The molecule has 1 aromatic carbocycles. The number of hydrogen-bond donors (Lipinski definition) is 2. The number of methoxy groups -OCH3 is 1. The van der Waals surface area contributed by atoms with E-state index in [9.17, 15) is 19.5 Å². The number of hydrogen-bond acceptors (Lipinski definition) is 5. The summed E-state index contributed by atoms with van der Waals surface area (Å²) in [7, 11) is 1.19.